The van der Waals surface area contributed by atoms with Crippen molar-refractivity contribution >= 4 is 46.2 Å². The van der Waals surface area contributed by atoms with Gasteiger partial charge in [-0.05, 0) is 18.2 Å². The Bertz CT molecular complexity index is 1140. The molecule has 1 aromatic carbocycles. The number of H-pyrrole nitrogens is 1. The number of benzene rings is 1. The fourth-order valence-corrected chi connectivity index (χ4v) is 5.18. The lowest BCUT2D eigenvalue weighted by molar-refractivity contribution is 0.0638. The Labute approximate surface area is 187 Å². The van der Waals surface area contributed by atoms with Crippen molar-refractivity contribution in [1.82, 2.24) is 24.8 Å². The molecule has 4 heterocycles. The molecule has 160 valence electrons. The van der Waals surface area contributed by atoms with E-state index in [1.54, 1.807) is 24.4 Å². The lowest BCUT2D eigenvalue weighted by Gasteiger charge is -2.27. The molecule has 5 rings (SSSR count). The summed E-state index contributed by atoms with van der Waals surface area (Å²) in [5.41, 5.74) is 2.53. The number of aromatic nitrogens is 3. The number of amides is 2. The smallest absolute Gasteiger partial charge is 0.261 e. The van der Waals surface area contributed by atoms with Gasteiger partial charge in [0.25, 0.3) is 11.8 Å². The maximum Gasteiger partial charge on any atom is 0.261 e. The first-order valence-corrected chi connectivity index (χ1v) is 11.5. The zero-order chi connectivity index (χ0) is 21.5. The number of nitrogens with one attached hydrogen (secondary N) is 1. The fourth-order valence-electron chi connectivity index (χ4n) is 3.97. The van der Waals surface area contributed by atoms with Gasteiger partial charge in [-0.2, -0.15) is 11.8 Å². The summed E-state index contributed by atoms with van der Waals surface area (Å²) in [6, 6.07) is 5.01. The van der Waals surface area contributed by atoms with Gasteiger partial charge in [-0.3, -0.25) is 19.4 Å². The van der Waals surface area contributed by atoms with E-state index in [-0.39, 0.29) is 11.8 Å². The standard InChI is InChI=1S/C21H20ClN5O3S/c1-30-19-17(14(22)2-3-23-19)18-24-15-10-12-13(11-16(15)25-18)21(29)27(20(12)28)5-4-26-6-8-31-9-7-26/h2-3,10-11H,4-9H2,1H3,(H,24,25). The van der Waals surface area contributed by atoms with Crippen LogP contribution in [0.5, 0.6) is 5.88 Å². The first-order chi connectivity index (χ1) is 15.1. The number of hydrogen-bond donors (Lipinski definition) is 1. The number of imide groups is 1. The van der Waals surface area contributed by atoms with Crippen molar-refractivity contribution in [3.8, 4) is 17.3 Å². The molecule has 1 N–H and O–H groups in total. The summed E-state index contributed by atoms with van der Waals surface area (Å²) in [5.74, 6) is 2.46. The fraction of sp³-hybridized carbons (Fsp3) is 0.333. The van der Waals surface area contributed by atoms with Gasteiger partial charge >= 0.3 is 0 Å². The molecule has 0 spiro atoms. The van der Waals surface area contributed by atoms with Crippen molar-refractivity contribution in [2.75, 3.05) is 44.8 Å². The third-order valence-electron chi connectivity index (χ3n) is 5.61. The van der Waals surface area contributed by atoms with Crippen LogP contribution in [0.1, 0.15) is 20.7 Å². The molecular formula is C21H20ClN5O3S. The van der Waals surface area contributed by atoms with Crippen LogP contribution in [0.25, 0.3) is 22.4 Å². The third-order valence-corrected chi connectivity index (χ3v) is 6.87. The van der Waals surface area contributed by atoms with Crippen molar-refractivity contribution < 1.29 is 14.3 Å². The van der Waals surface area contributed by atoms with Crippen LogP contribution >= 0.6 is 23.4 Å². The van der Waals surface area contributed by atoms with Crippen LogP contribution in [0.2, 0.25) is 5.02 Å². The van der Waals surface area contributed by atoms with Crippen LogP contribution in [-0.2, 0) is 0 Å². The minimum Gasteiger partial charge on any atom is -0.480 e. The molecule has 2 amide bonds. The normalized spacial score (nSPS) is 16.9. The van der Waals surface area contributed by atoms with Crippen LogP contribution in [-0.4, -0.2) is 81.4 Å². The molecule has 0 radical (unpaired) electrons. The maximum atomic E-state index is 13.0. The summed E-state index contributed by atoms with van der Waals surface area (Å²) in [4.78, 5) is 41.5. The third kappa shape index (κ3) is 3.56. The Morgan fingerprint density at radius 1 is 1.16 bits per heavy atom. The van der Waals surface area contributed by atoms with Crippen LogP contribution in [0, 0.1) is 0 Å². The topological polar surface area (TPSA) is 91.4 Å². The van der Waals surface area contributed by atoms with E-state index in [9.17, 15) is 9.59 Å². The SMILES string of the molecule is COc1nccc(Cl)c1-c1nc2cc3c(cc2[nH]1)C(=O)N(CCN1CCSCC1)C3=O. The van der Waals surface area contributed by atoms with Crippen LogP contribution in [0.4, 0.5) is 0 Å². The second-order valence-corrected chi connectivity index (χ2v) is 9.03. The molecule has 1 fully saturated rings. The average molecular weight is 458 g/mol. The van der Waals surface area contributed by atoms with Crippen molar-refractivity contribution in [1.29, 1.82) is 0 Å². The molecule has 2 aliphatic heterocycles. The lowest BCUT2D eigenvalue weighted by Crippen LogP contribution is -2.41. The molecule has 8 nitrogen and oxygen atoms in total. The van der Waals surface area contributed by atoms with Gasteiger partial charge in [0.1, 0.15) is 5.82 Å². The number of halogens is 1. The average Bonchev–Trinajstić information content (AvgIpc) is 3.30. The van der Waals surface area contributed by atoms with Gasteiger partial charge in [0, 0.05) is 43.9 Å². The number of thioether (sulfide) groups is 1. The molecule has 0 aliphatic carbocycles. The first kappa shape index (κ1) is 20.3. The summed E-state index contributed by atoms with van der Waals surface area (Å²) in [7, 11) is 1.51. The lowest BCUT2D eigenvalue weighted by atomic mass is 10.1. The Balaban J connectivity index is 1.44. The molecule has 0 atom stereocenters. The summed E-state index contributed by atoms with van der Waals surface area (Å²) < 4.78 is 5.31. The van der Waals surface area contributed by atoms with Gasteiger partial charge in [-0.1, -0.05) is 11.6 Å². The molecular weight excluding hydrogens is 438 g/mol. The summed E-state index contributed by atoms with van der Waals surface area (Å²) in [5, 5.41) is 0.438. The van der Waals surface area contributed by atoms with E-state index in [0.717, 1.165) is 24.6 Å². The quantitative estimate of drug-likeness (QED) is 0.589. The molecule has 3 aromatic rings. The molecule has 0 bridgehead atoms. The molecule has 0 unspecified atom stereocenters. The van der Waals surface area contributed by atoms with E-state index in [4.69, 9.17) is 16.3 Å². The van der Waals surface area contributed by atoms with Crippen molar-refractivity contribution in [2.24, 2.45) is 0 Å². The number of methoxy groups -OCH3 is 1. The van der Waals surface area contributed by atoms with Crippen LogP contribution in [0.3, 0.4) is 0 Å². The van der Waals surface area contributed by atoms with Gasteiger partial charge in [-0.25, -0.2) is 9.97 Å². The highest BCUT2D eigenvalue weighted by atomic mass is 35.5. The molecule has 10 heteroatoms. The number of carbonyl (C=O) groups excluding carboxylic acids is 2. The highest BCUT2D eigenvalue weighted by molar-refractivity contribution is 7.99. The van der Waals surface area contributed by atoms with Crippen LogP contribution < -0.4 is 4.74 Å². The zero-order valence-electron chi connectivity index (χ0n) is 16.9. The predicted octanol–water partition coefficient (Wildman–Crippen LogP) is 2.93. The van der Waals surface area contributed by atoms with E-state index in [2.05, 4.69) is 19.9 Å². The second-order valence-electron chi connectivity index (χ2n) is 7.39. The number of ether oxygens (including phenoxy) is 1. The monoisotopic (exact) mass is 457 g/mol. The van der Waals surface area contributed by atoms with E-state index in [1.165, 1.54) is 12.0 Å². The Kier molecular flexibility index (Phi) is 5.33. The number of nitrogens with zero attached hydrogens (tertiary/aromatic N) is 4. The Morgan fingerprint density at radius 3 is 2.65 bits per heavy atom. The van der Waals surface area contributed by atoms with Crippen LogP contribution in [0.15, 0.2) is 24.4 Å². The predicted molar refractivity (Wildman–Crippen MR) is 120 cm³/mol. The number of pyridine rings is 1. The van der Waals surface area contributed by atoms with E-state index in [1.807, 2.05) is 11.8 Å². The van der Waals surface area contributed by atoms with Gasteiger partial charge in [0.05, 0.1) is 39.9 Å². The van der Waals surface area contributed by atoms with E-state index >= 15 is 0 Å². The number of hydrogen-bond acceptors (Lipinski definition) is 7. The summed E-state index contributed by atoms with van der Waals surface area (Å²) in [6.07, 6.45) is 1.55. The highest BCUT2D eigenvalue weighted by Crippen LogP contribution is 2.35. The maximum absolute atomic E-state index is 13.0. The number of carbonyl (C=O) groups is 2. The summed E-state index contributed by atoms with van der Waals surface area (Å²) >= 11 is 8.27. The van der Waals surface area contributed by atoms with Crippen molar-refractivity contribution in [3.63, 3.8) is 0 Å². The van der Waals surface area contributed by atoms with Crippen molar-refractivity contribution in [2.45, 2.75) is 0 Å². The minimum absolute atomic E-state index is 0.263. The Morgan fingerprint density at radius 2 is 1.90 bits per heavy atom. The van der Waals surface area contributed by atoms with Crippen molar-refractivity contribution in [3.05, 3.63) is 40.5 Å². The van der Waals surface area contributed by atoms with E-state index in [0.29, 0.717) is 57.5 Å². The Hall–Kier alpha value is -2.62. The zero-order valence-corrected chi connectivity index (χ0v) is 18.4. The molecule has 2 aliphatic rings. The van der Waals surface area contributed by atoms with Gasteiger partial charge < -0.3 is 9.72 Å². The molecule has 2 aromatic heterocycles. The van der Waals surface area contributed by atoms with Gasteiger partial charge in [-0.15, -0.1) is 0 Å². The molecule has 0 saturated carbocycles. The van der Waals surface area contributed by atoms with Gasteiger partial charge in [0.15, 0.2) is 0 Å². The molecule has 31 heavy (non-hydrogen) atoms. The number of imidazole rings is 1. The summed E-state index contributed by atoms with van der Waals surface area (Å²) in [6.45, 7) is 3.07. The second kappa shape index (κ2) is 8.14. The minimum atomic E-state index is -0.269. The van der Waals surface area contributed by atoms with Gasteiger partial charge in [0.2, 0.25) is 5.88 Å². The highest BCUT2D eigenvalue weighted by Gasteiger charge is 2.36. The number of fused-ring (bicyclic) bond motifs is 2. The number of aromatic amines is 1. The molecule has 1 saturated heterocycles. The first-order valence-electron chi connectivity index (χ1n) is 9.95. The van der Waals surface area contributed by atoms with E-state index < -0.39 is 0 Å². The number of rotatable bonds is 5. The largest absolute Gasteiger partial charge is 0.480 e.